The quantitative estimate of drug-likeness (QED) is 0.916. The second kappa shape index (κ2) is 6.05. The van der Waals surface area contributed by atoms with Crippen LogP contribution in [-0.2, 0) is 0 Å². The molecule has 1 saturated heterocycles. The maximum absolute atomic E-state index is 12.6. The zero-order valence-corrected chi connectivity index (χ0v) is 13.3. The fourth-order valence-corrected chi connectivity index (χ4v) is 3.15. The van der Waals surface area contributed by atoms with E-state index >= 15 is 0 Å². The zero-order valence-electron chi connectivity index (χ0n) is 13.3. The predicted octanol–water partition coefficient (Wildman–Crippen LogP) is 2.66. The van der Waals surface area contributed by atoms with Crippen molar-refractivity contribution in [1.82, 2.24) is 15.6 Å². The van der Waals surface area contributed by atoms with E-state index in [4.69, 9.17) is 0 Å². The first kappa shape index (κ1) is 15.0. The number of carbonyl (C=O) groups excluding carboxylic acids is 1. The first-order valence-electron chi connectivity index (χ1n) is 7.93. The molecule has 1 atom stereocenters. The number of hydrogen-bond donors (Lipinski definition) is 2. The number of piperidine rings is 1. The third-order valence-electron chi connectivity index (χ3n) is 4.45. The van der Waals surface area contributed by atoms with Crippen LogP contribution in [0.5, 0.6) is 0 Å². The summed E-state index contributed by atoms with van der Waals surface area (Å²) in [5, 5.41) is 7.45. The van der Waals surface area contributed by atoms with Gasteiger partial charge in [0.05, 0.1) is 11.1 Å². The van der Waals surface area contributed by atoms with Gasteiger partial charge in [0, 0.05) is 24.2 Å². The molecule has 1 unspecified atom stereocenters. The lowest BCUT2D eigenvalue weighted by Crippen LogP contribution is -2.45. The third kappa shape index (κ3) is 3.12. The number of aromatic nitrogens is 1. The van der Waals surface area contributed by atoms with E-state index in [0.29, 0.717) is 6.54 Å². The lowest BCUT2D eigenvalue weighted by atomic mass is 9.83. The minimum atomic E-state index is -0.00602. The van der Waals surface area contributed by atoms with E-state index in [-0.39, 0.29) is 11.3 Å². The molecular formula is C18H23N3O. The first-order chi connectivity index (χ1) is 10.6. The molecule has 1 fully saturated rings. The van der Waals surface area contributed by atoms with Crippen LogP contribution >= 0.6 is 0 Å². The standard InChI is InChI=1S/C18H23N3O/c1-13-10-15(14-6-3-4-7-16(14)21-13)17(22)20-12-18(2)8-5-9-19-11-18/h3-4,6-7,10,19H,5,8-9,11-12H2,1-2H3,(H,20,22). The molecule has 0 radical (unpaired) electrons. The Balaban J connectivity index is 1.80. The number of carbonyl (C=O) groups is 1. The molecule has 1 aromatic carbocycles. The highest BCUT2D eigenvalue weighted by molar-refractivity contribution is 6.06. The molecule has 1 aliphatic heterocycles. The van der Waals surface area contributed by atoms with Crippen molar-refractivity contribution in [2.45, 2.75) is 26.7 Å². The summed E-state index contributed by atoms with van der Waals surface area (Å²) in [4.78, 5) is 17.1. The van der Waals surface area contributed by atoms with Crippen molar-refractivity contribution >= 4 is 16.8 Å². The topological polar surface area (TPSA) is 54.0 Å². The van der Waals surface area contributed by atoms with Crippen molar-refractivity contribution in [2.24, 2.45) is 5.41 Å². The second-order valence-corrected chi connectivity index (χ2v) is 6.60. The Bertz CT molecular complexity index is 690. The molecule has 1 amide bonds. The number of para-hydroxylation sites is 1. The molecule has 0 saturated carbocycles. The average molecular weight is 297 g/mol. The average Bonchev–Trinajstić information content (AvgIpc) is 2.52. The number of amides is 1. The zero-order chi connectivity index (χ0) is 15.6. The van der Waals surface area contributed by atoms with Crippen molar-refractivity contribution in [3.05, 3.63) is 41.6 Å². The van der Waals surface area contributed by atoms with E-state index in [2.05, 4.69) is 22.5 Å². The van der Waals surface area contributed by atoms with Crippen LogP contribution in [0.2, 0.25) is 0 Å². The maximum atomic E-state index is 12.6. The lowest BCUT2D eigenvalue weighted by molar-refractivity contribution is 0.0926. The van der Waals surface area contributed by atoms with Gasteiger partial charge in [-0.25, -0.2) is 0 Å². The number of fused-ring (bicyclic) bond motifs is 1. The Kier molecular flexibility index (Phi) is 4.12. The van der Waals surface area contributed by atoms with Gasteiger partial charge < -0.3 is 10.6 Å². The first-order valence-corrected chi connectivity index (χ1v) is 7.93. The molecule has 4 heteroatoms. The number of nitrogens with zero attached hydrogens (tertiary/aromatic N) is 1. The van der Waals surface area contributed by atoms with Crippen LogP contribution in [0.25, 0.3) is 10.9 Å². The molecule has 1 aromatic heterocycles. The maximum Gasteiger partial charge on any atom is 0.252 e. The fraction of sp³-hybridized carbons (Fsp3) is 0.444. The van der Waals surface area contributed by atoms with Gasteiger partial charge in [-0.15, -0.1) is 0 Å². The van der Waals surface area contributed by atoms with E-state index < -0.39 is 0 Å². The molecule has 116 valence electrons. The van der Waals surface area contributed by atoms with Crippen molar-refractivity contribution in [2.75, 3.05) is 19.6 Å². The predicted molar refractivity (Wildman–Crippen MR) is 89.0 cm³/mol. The van der Waals surface area contributed by atoms with Gasteiger partial charge in [0.15, 0.2) is 0 Å². The second-order valence-electron chi connectivity index (χ2n) is 6.60. The fourth-order valence-electron chi connectivity index (χ4n) is 3.15. The molecule has 4 nitrogen and oxygen atoms in total. The largest absolute Gasteiger partial charge is 0.351 e. The monoisotopic (exact) mass is 297 g/mol. The van der Waals surface area contributed by atoms with E-state index in [1.165, 1.54) is 6.42 Å². The number of hydrogen-bond acceptors (Lipinski definition) is 3. The number of benzene rings is 1. The van der Waals surface area contributed by atoms with Crippen LogP contribution in [-0.4, -0.2) is 30.5 Å². The Labute approximate surface area is 131 Å². The molecule has 0 aliphatic carbocycles. The molecule has 2 aromatic rings. The summed E-state index contributed by atoms with van der Waals surface area (Å²) in [6.07, 6.45) is 2.32. The van der Waals surface area contributed by atoms with Crippen LogP contribution in [0, 0.1) is 12.3 Å². The SMILES string of the molecule is Cc1cc(C(=O)NCC2(C)CCCNC2)c2ccccc2n1. The van der Waals surface area contributed by atoms with Crippen molar-refractivity contribution in [3.8, 4) is 0 Å². The van der Waals surface area contributed by atoms with Crippen LogP contribution < -0.4 is 10.6 Å². The highest BCUT2D eigenvalue weighted by Crippen LogP contribution is 2.25. The summed E-state index contributed by atoms with van der Waals surface area (Å²) in [6, 6.07) is 9.68. The van der Waals surface area contributed by atoms with E-state index in [9.17, 15) is 4.79 Å². The van der Waals surface area contributed by atoms with Crippen LogP contribution in [0.1, 0.15) is 35.8 Å². The number of nitrogens with one attached hydrogen (secondary N) is 2. The smallest absolute Gasteiger partial charge is 0.252 e. The molecule has 0 bridgehead atoms. The van der Waals surface area contributed by atoms with Crippen LogP contribution in [0.3, 0.4) is 0 Å². The van der Waals surface area contributed by atoms with Crippen molar-refractivity contribution in [1.29, 1.82) is 0 Å². The molecule has 0 spiro atoms. The summed E-state index contributed by atoms with van der Waals surface area (Å²) in [5.74, 6) is -0.00602. The summed E-state index contributed by atoms with van der Waals surface area (Å²) >= 11 is 0. The van der Waals surface area contributed by atoms with Gasteiger partial charge in [-0.2, -0.15) is 0 Å². The molecule has 2 N–H and O–H groups in total. The minimum Gasteiger partial charge on any atom is -0.351 e. The Morgan fingerprint density at radius 1 is 1.41 bits per heavy atom. The summed E-state index contributed by atoms with van der Waals surface area (Å²) in [7, 11) is 0. The molecule has 22 heavy (non-hydrogen) atoms. The van der Waals surface area contributed by atoms with Gasteiger partial charge in [0.1, 0.15) is 0 Å². The molecule has 2 heterocycles. The minimum absolute atomic E-state index is 0.00602. The van der Waals surface area contributed by atoms with E-state index in [1.807, 2.05) is 37.3 Å². The Hall–Kier alpha value is -1.94. The van der Waals surface area contributed by atoms with Gasteiger partial charge in [0.2, 0.25) is 0 Å². The van der Waals surface area contributed by atoms with E-state index in [1.54, 1.807) is 0 Å². The highest BCUT2D eigenvalue weighted by Gasteiger charge is 2.27. The summed E-state index contributed by atoms with van der Waals surface area (Å²) < 4.78 is 0. The van der Waals surface area contributed by atoms with E-state index in [0.717, 1.165) is 41.7 Å². The van der Waals surface area contributed by atoms with Crippen LogP contribution in [0.15, 0.2) is 30.3 Å². The van der Waals surface area contributed by atoms with Crippen molar-refractivity contribution in [3.63, 3.8) is 0 Å². The summed E-state index contributed by atoms with van der Waals surface area (Å²) in [6.45, 7) is 6.90. The Morgan fingerprint density at radius 3 is 3.00 bits per heavy atom. The number of aryl methyl sites for hydroxylation is 1. The van der Waals surface area contributed by atoms with Gasteiger partial charge in [0.25, 0.3) is 5.91 Å². The van der Waals surface area contributed by atoms with Gasteiger partial charge in [-0.1, -0.05) is 25.1 Å². The highest BCUT2D eigenvalue weighted by atomic mass is 16.1. The summed E-state index contributed by atoms with van der Waals surface area (Å²) in [5.41, 5.74) is 2.61. The molecular weight excluding hydrogens is 274 g/mol. The van der Waals surface area contributed by atoms with Crippen molar-refractivity contribution < 1.29 is 4.79 Å². The normalized spacial score (nSPS) is 21.7. The van der Waals surface area contributed by atoms with Crippen LogP contribution in [0.4, 0.5) is 0 Å². The lowest BCUT2D eigenvalue weighted by Gasteiger charge is -2.34. The van der Waals surface area contributed by atoms with Gasteiger partial charge >= 0.3 is 0 Å². The Morgan fingerprint density at radius 2 is 2.23 bits per heavy atom. The van der Waals surface area contributed by atoms with Gasteiger partial charge in [-0.05, 0) is 43.9 Å². The molecule has 1 aliphatic rings. The number of rotatable bonds is 3. The number of pyridine rings is 1. The third-order valence-corrected chi connectivity index (χ3v) is 4.45. The molecule has 3 rings (SSSR count). The van der Waals surface area contributed by atoms with Gasteiger partial charge in [-0.3, -0.25) is 9.78 Å².